The number of rotatable bonds is 5. The van der Waals surface area contributed by atoms with Crippen LogP contribution in [0.4, 0.5) is 5.69 Å². The molecule has 174 valence electrons. The fourth-order valence-corrected chi connectivity index (χ4v) is 6.09. The van der Waals surface area contributed by atoms with Crippen LogP contribution in [0.3, 0.4) is 0 Å². The molecule has 4 unspecified atom stereocenters. The number of hydrogen-bond acceptors (Lipinski definition) is 6. The number of piperidine rings is 3. The quantitative estimate of drug-likeness (QED) is 0.555. The van der Waals surface area contributed by atoms with Crippen LogP contribution in [-0.4, -0.2) is 52.5 Å². The third-order valence-electron chi connectivity index (χ3n) is 7.93. The molecular formula is C28H30N4O2. The van der Waals surface area contributed by atoms with E-state index in [2.05, 4.69) is 51.3 Å². The second-order valence-corrected chi connectivity index (χ2v) is 9.66. The molecule has 0 amide bonds. The first-order valence-electron chi connectivity index (χ1n) is 12.1. The molecule has 2 N–H and O–H groups in total. The third kappa shape index (κ3) is 3.49. The number of aliphatic hydroxyl groups excluding tert-OH is 1. The molecule has 0 radical (unpaired) electrons. The minimum Gasteiger partial charge on any atom is -0.497 e. The Hall–Kier alpha value is -3.22. The van der Waals surface area contributed by atoms with Crippen molar-refractivity contribution < 1.29 is 9.84 Å². The van der Waals surface area contributed by atoms with Crippen LogP contribution in [0, 0.1) is 11.8 Å². The zero-order chi connectivity index (χ0) is 23.2. The standard InChI is InChI=1S/C28H30N4O2/c1-3-17-16-32-11-10-18(17)12-26(32)28(33)23-14-25(30-24-9-8-20(34-2)13-22(23)24)27-21-7-5-4-6-19(21)15-29-31-27/h3-9,13-15,17-18,25-26,28,30,33H,1,10-12,16H2,2H3/t17?,18-,25?,26?,28-/m0/s1. The Morgan fingerprint density at radius 2 is 2.15 bits per heavy atom. The van der Waals surface area contributed by atoms with Crippen molar-refractivity contribution in [2.45, 2.75) is 31.0 Å². The van der Waals surface area contributed by atoms with Crippen LogP contribution in [0.1, 0.15) is 30.1 Å². The topological polar surface area (TPSA) is 70.5 Å². The van der Waals surface area contributed by atoms with Crippen molar-refractivity contribution in [1.29, 1.82) is 0 Å². The molecule has 2 aromatic carbocycles. The van der Waals surface area contributed by atoms with Gasteiger partial charge in [0.05, 0.1) is 31.1 Å². The van der Waals surface area contributed by atoms with Crippen LogP contribution in [0.2, 0.25) is 0 Å². The van der Waals surface area contributed by atoms with Crippen molar-refractivity contribution in [2.75, 3.05) is 25.5 Å². The van der Waals surface area contributed by atoms with Gasteiger partial charge in [0.2, 0.25) is 0 Å². The number of hydrogen-bond donors (Lipinski definition) is 2. The minimum absolute atomic E-state index is 0.0950. The molecule has 3 aromatic rings. The summed E-state index contributed by atoms with van der Waals surface area (Å²) in [6, 6.07) is 14.1. The number of aliphatic hydroxyl groups is 1. The highest BCUT2D eigenvalue weighted by Crippen LogP contribution is 2.44. The lowest BCUT2D eigenvalue weighted by Gasteiger charge is -2.51. The first-order chi connectivity index (χ1) is 16.7. The van der Waals surface area contributed by atoms with Gasteiger partial charge < -0.3 is 15.2 Å². The SMILES string of the molecule is C=CC1CN2CC[C@H]1CC2[C@@H](O)C1=CC(c2nncc3ccccc23)Nc2ccc(OC)cc21. The number of nitrogens with one attached hydrogen (secondary N) is 1. The first-order valence-corrected chi connectivity index (χ1v) is 12.1. The molecule has 4 aliphatic rings. The second-order valence-electron chi connectivity index (χ2n) is 9.66. The Kier molecular flexibility index (Phi) is 5.35. The molecule has 0 spiro atoms. The maximum absolute atomic E-state index is 11.8. The summed E-state index contributed by atoms with van der Waals surface area (Å²) in [6.07, 6.45) is 7.59. The van der Waals surface area contributed by atoms with Gasteiger partial charge in [0, 0.05) is 34.6 Å². The molecule has 2 bridgehead atoms. The maximum atomic E-state index is 11.8. The summed E-state index contributed by atoms with van der Waals surface area (Å²) in [5, 5.41) is 26.3. The van der Waals surface area contributed by atoms with Crippen LogP contribution in [0.5, 0.6) is 5.75 Å². The smallest absolute Gasteiger partial charge is 0.119 e. The number of methoxy groups -OCH3 is 1. The number of benzene rings is 2. The van der Waals surface area contributed by atoms with E-state index in [1.54, 1.807) is 13.3 Å². The van der Waals surface area contributed by atoms with E-state index >= 15 is 0 Å². The van der Waals surface area contributed by atoms with Crippen LogP contribution >= 0.6 is 0 Å². The predicted molar refractivity (Wildman–Crippen MR) is 135 cm³/mol. The van der Waals surface area contributed by atoms with Crippen molar-refractivity contribution >= 4 is 22.0 Å². The summed E-state index contributed by atoms with van der Waals surface area (Å²) < 4.78 is 5.52. The number of aromatic nitrogens is 2. The normalized spacial score (nSPS) is 28.5. The van der Waals surface area contributed by atoms with E-state index in [9.17, 15) is 5.11 Å². The Morgan fingerprint density at radius 1 is 1.26 bits per heavy atom. The van der Waals surface area contributed by atoms with Crippen molar-refractivity contribution in [2.24, 2.45) is 11.8 Å². The lowest BCUT2D eigenvalue weighted by Crippen LogP contribution is -2.57. The second kappa shape index (κ2) is 8.53. The Morgan fingerprint density at radius 3 is 2.94 bits per heavy atom. The molecular weight excluding hydrogens is 424 g/mol. The fourth-order valence-electron chi connectivity index (χ4n) is 6.09. The van der Waals surface area contributed by atoms with Crippen molar-refractivity contribution in [1.82, 2.24) is 15.1 Å². The molecule has 6 heteroatoms. The van der Waals surface area contributed by atoms with E-state index in [0.717, 1.165) is 58.6 Å². The summed E-state index contributed by atoms with van der Waals surface area (Å²) in [5.41, 5.74) is 3.75. The number of nitrogens with zero attached hydrogens (tertiary/aromatic N) is 3. The van der Waals surface area contributed by atoms with Gasteiger partial charge in [-0.05, 0) is 61.1 Å². The van der Waals surface area contributed by atoms with Gasteiger partial charge in [-0.3, -0.25) is 4.90 Å². The van der Waals surface area contributed by atoms with E-state index in [-0.39, 0.29) is 12.1 Å². The van der Waals surface area contributed by atoms with Crippen molar-refractivity contribution in [3.8, 4) is 5.75 Å². The molecule has 4 aliphatic heterocycles. The summed E-state index contributed by atoms with van der Waals surface area (Å²) in [4.78, 5) is 2.45. The van der Waals surface area contributed by atoms with Crippen LogP contribution < -0.4 is 10.1 Å². The molecule has 1 aromatic heterocycles. The molecule has 3 saturated heterocycles. The molecule has 6 atom stereocenters. The molecule has 0 saturated carbocycles. The summed E-state index contributed by atoms with van der Waals surface area (Å²) in [5.74, 6) is 1.89. The highest BCUT2D eigenvalue weighted by Gasteiger charge is 2.43. The van der Waals surface area contributed by atoms with Gasteiger partial charge in [-0.2, -0.15) is 10.2 Å². The zero-order valence-corrected chi connectivity index (χ0v) is 19.4. The van der Waals surface area contributed by atoms with E-state index in [4.69, 9.17) is 4.74 Å². The highest BCUT2D eigenvalue weighted by molar-refractivity contribution is 5.88. The number of anilines is 1. The third-order valence-corrected chi connectivity index (χ3v) is 7.93. The van der Waals surface area contributed by atoms with Crippen LogP contribution in [0.15, 0.2) is 67.4 Å². The largest absolute Gasteiger partial charge is 0.497 e. The van der Waals surface area contributed by atoms with Gasteiger partial charge in [-0.25, -0.2) is 0 Å². The lowest BCUT2D eigenvalue weighted by molar-refractivity contribution is -0.0254. The van der Waals surface area contributed by atoms with Crippen LogP contribution in [0.25, 0.3) is 16.3 Å². The monoisotopic (exact) mass is 454 g/mol. The average molecular weight is 455 g/mol. The first kappa shape index (κ1) is 21.3. The van der Waals surface area contributed by atoms with Gasteiger partial charge in [0.15, 0.2) is 0 Å². The van der Waals surface area contributed by atoms with Crippen LogP contribution in [-0.2, 0) is 0 Å². The Balaban J connectivity index is 1.43. The van der Waals surface area contributed by atoms with E-state index < -0.39 is 6.10 Å². The molecule has 34 heavy (non-hydrogen) atoms. The number of fused-ring (bicyclic) bond motifs is 5. The minimum atomic E-state index is -0.605. The number of ether oxygens (including phenoxy) is 1. The van der Waals surface area contributed by atoms with E-state index in [0.29, 0.717) is 11.8 Å². The van der Waals surface area contributed by atoms with Gasteiger partial charge in [0.1, 0.15) is 5.75 Å². The average Bonchev–Trinajstić information content (AvgIpc) is 2.91. The van der Waals surface area contributed by atoms with Crippen molar-refractivity contribution in [3.63, 3.8) is 0 Å². The molecule has 0 aliphatic carbocycles. The van der Waals surface area contributed by atoms with Crippen molar-refractivity contribution in [3.05, 3.63) is 78.6 Å². The lowest BCUT2D eigenvalue weighted by atomic mass is 9.73. The predicted octanol–water partition coefficient (Wildman–Crippen LogP) is 4.45. The Labute approximate surface area is 200 Å². The van der Waals surface area contributed by atoms with Gasteiger partial charge in [-0.1, -0.05) is 30.3 Å². The zero-order valence-electron chi connectivity index (χ0n) is 19.4. The molecule has 5 heterocycles. The van der Waals surface area contributed by atoms with Gasteiger partial charge in [0.25, 0.3) is 0 Å². The van der Waals surface area contributed by atoms with Gasteiger partial charge >= 0.3 is 0 Å². The van der Waals surface area contributed by atoms with E-state index in [1.807, 2.05) is 30.3 Å². The Bertz CT molecular complexity index is 1270. The maximum Gasteiger partial charge on any atom is 0.119 e. The highest BCUT2D eigenvalue weighted by atomic mass is 16.5. The molecule has 6 nitrogen and oxygen atoms in total. The van der Waals surface area contributed by atoms with Gasteiger partial charge in [-0.15, -0.1) is 6.58 Å². The molecule has 3 fully saturated rings. The summed E-state index contributed by atoms with van der Waals surface area (Å²) in [7, 11) is 1.67. The molecule has 7 rings (SSSR count). The summed E-state index contributed by atoms with van der Waals surface area (Å²) >= 11 is 0. The van der Waals surface area contributed by atoms with E-state index in [1.165, 1.54) is 6.42 Å². The fraction of sp³-hybridized carbons (Fsp3) is 0.357. The summed E-state index contributed by atoms with van der Waals surface area (Å²) in [6.45, 7) is 6.05.